The average Bonchev–Trinajstić information content (AvgIpc) is 3.46. The second kappa shape index (κ2) is 6.95. The molecule has 1 unspecified atom stereocenters. The molecule has 4 rings (SSSR count). The molecule has 2 aromatic rings. The van der Waals surface area contributed by atoms with Gasteiger partial charge in [0, 0.05) is 22.9 Å². The highest BCUT2D eigenvalue weighted by molar-refractivity contribution is 5.84. The van der Waals surface area contributed by atoms with Gasteiger partial charge >= 0.3 is 0 Å². The number of carbonyl (C=O) groups is 1. The molecule has 2 heterocycles. The van der Waals surface area contributed by atoms with Crippen LogP contribution in [-0.4, -0.2) is 37.0 Å². The van der Waals surface area contributed by atoms with E-state index in [0.717, 1.165) is 60.0 Å². The Labute approximate surface area is 154 Å². The zero-order chi connectivity index (χ0) is 18.3. The normalized spacial score (nSPS) is 20.3. The Morgan fingerprint density at radius 2 is 2.00 bits per heavy atom. The van der Waals surface area contributed by atoms with E-state index < -0.39 is 0 Å². The highest BCUT2D eigenvalue weighted by Crippen LogP contribution is 2.33. The van der Waals surface area contributed by atoms with Crippen molar-refractivity contribution < 1.29 is 13.9 Å². The number of amides is 1. The largest absolute Gasteiger partial charge is 0.497 e. The molecule has 5 nitrogen and oxygen atoms in total. The maximum atomic E-state index is 12.7. The molecule has 1 aromatic carbocycles. The molecule has 1 saturated carbocycles. The fourth-order valence-corrected chi connectivity index (χ4v) is 4.12. The predicted octanol–water partition coefficient (Wildman–Crippen LogP) is 3.80. The first-order valence-electron chi connectivity index (χ1n) is 9.68. The number of fused-ring (bicyclic) bond motifs is 1. The third-order valence-electron chi connectivity index (χ3n) is 5.90. The van der Waals surface area contributed by atoms with Gasteiger partial charge in [0.05, 0.1) is 13.2 Å². The average molecular weight is 356 g/mol. The topological polar surface area (TPSA) is 54.7 Å². The highest BCUT2D eigenvalue weighted by atomic mass is 16.5. The second-order valence-electron chi connectivity index (χ2n) is 7.73. The Morgan fingerprint density at radius 1 is 1.27 bits per heavy atom. The van der Waals surface area contributed by atoms with Gasteiger partial charge in [0.2, 0.25) is 5.91 Å². The number of likely N-dealkylation sites (tertiary alicyclic amines) is 1. The lowest BCUT2D eigenvalue weighted by atomic mass is 9.95. The molecule has 1 aliphatic carbocycles. The van der Waals surface area contributed by atoms with E-state index in [1.807, 2.05) is 32.0 Å². The Bertz CT molecular complexity index is 801. The van der Waals surface area contributed by atoms with E-state index in [2.05, 4.69) is 10.2 Å². The molecule has 140 valence electrons. The number of carbonyl (C=O) groups excluding carboxylic acids is 1. The fourth-order valence-electron chi connectivity index (χ4n) is 4.12. The minimum absolute atomic E-state index is 0.122. The third-order valence-corrected chi connectivity index (χ3v) is 5.90. The van der Waals surface area contributed by atoms with Crippen molar-refractivity contribution in [2.75, 3.05) is 20.2 Å². The molecule has 1 saturated heterocycles. The number of hydrogen-bond acceptors (Lipinski definition) is 4. The molecule has 1 aromatic heterocycles. The number of hydrogen-bond donors (Lipinski definition) is 1. The lowest BCUT2D eigenvalue weighted by Crippen LogP contribution is -2.41. The van der Waals surface area contributed by atoms with Crippen molar-refractivity contribution in [1.82, 2.24) is 10.2 Å². The van der Waals surface area contributed by atoms with Gasteiger partial charge < -0.3 is 19.4 Å². The van der Waals surface area contributed by atoms with E-state index in [0.29, 0.717) is 0 Å². The van der Waals surface area contributed by atoms with E-state index >= 15 is 0 Å². The summed E-state index contributed by atoms with van der Waals surface area (Å²) in [6, 6.07) is 6.47. The third kappa shape index (κ3) is 3.32. The fraction of sp³-hybridized carbons (Fsp3) is 0.571. The molecule has 1 amide bonds. The minimum atomic E-state index is -0.137. The number of benzene rings is 1. The summed E-state index contributed by atoms with van der Waals surface area (Å²) < 4.78 is 11.3. The van der Waals surface area contributed by atoms with Gasteiger partial charge in [-0.05, 0) is 70.8 Å². The number of nitrogens with zero attached hydrogens (tertiary/aromatic N) is 1. The number of furan rings is 1. The summed E-state index contributed by atoms with van der Waals surface area (Å²) in [5, 5.41) is 4.21. The van der Waals surface area contributed by atoms with Crippen LogP contribution in [0.3, 0.4) is 0 Å². The maximum Gasteiger partial charge on any atom is 0.223 e. The molecule has 0 bridgehead atoms. The maximum absolute atomic E-state index is 12.7. The minimum Gasteiger partial charge on any atom is -0.497 e. The molecule has 1 atom stereocenters. The number of nitrogens with one attached hydrogen (secondary N) is 1. The van der Waals surface area contributed by atoms with E-state index in [4.69, 9.17) is 9.15 Å². The molecule has 5 heteroatoms. The zero-order valence-electron chi connectivity index (χ0n) is 15.9. The summed E-state index contributed by atoms with van der Waals surface area (Å²) in [7, 11) is 1.66. The van der Waals surface area contributed by atoms with E-state index in [9.17, 15) is 4.79 Å². The lowest BCUT2D eigenvalue weighted by molar-refractivity contribution is -0.127. The van der Waals surface area contributed by atoms with Crippen molar-refractivity contribution in [1.29, 1.82) is 0 Å². The van der Waals surface area contributed by atoms with Crippen molar-refractivity contribution >= 4 is 16.9 Å². The molecule has 1 aliphatic heterocycles. The summed E-state index contributed by atoms with van der Waals surface area (Å²) in [5.41, 5.74) is 1.90. The van der Waals surface area contributed by atoms with Crippen LogP contribution in [0.2, 0.25) is 0 Å². The molecular formula is C21H28N2O3. The van der Waals surface area contributed by atoms with Crippen LogP contribution in [-0.2, 0) is 4.79 Å². The second-order valence-corrected chi connectivity index (χ2v) is 7.73. The van der Waals surface area contributed by atoms with Crippen LogP contribution < -0.4 is 10.1 Å². The van der Waals surface area contributed by atoms with Crippen LogP contribution in [0.4, 0.5) is 0 Å². The monoisotopic (exact) mass is 356 g/mol. The van der Waals surface area contributed by atoms with Gasteiger partial charge in [-0.1, -0.05) is 0 Å². The summed E-state index contributed by atoms with van der Waals surface area (Å²) in [6.45, 7) is 6.15. The molecule has 2 fully saturated rings. The number of ether oxygens (including phenoxy) is 1. The molecule has 2 aliphatic rings. The first kappa shape index (κ1) is 17.4. The van der Waals surface area contributed by atoms with Crippen LogP contribution in [0.1, 0.15) is 50.0 Å². The standard InChI is InChI=1S/C21H28N2O3/c1-13-18-12-17(25-3)6-7-19(18)26-20(13)14(2)22-21(24)15-8-10-23(11-9-15)16-4-5-16/h6-7,12,14-16H,4-5,8-11H2,1-3H3,(H,22,24). The van der Waals surface area contributed by atoms with Crippen LogP contribution in [0, 0.1) is 12.8 Å². The van der Waals surface area contributed by atoms with Gasteiger partial charge in [0.25, 0.3) is 0 Å². The van der Waals surface area contributed by atoms with Crippen molar-refractivity contribution in [2.24, 2.45) is 5.92 Å². The van der Waals surface area contributed by atoms with Crippen LogP contribution >= 0.6 is 0 Å². The van der Waals surface area contributed by atoms with Gasteiger partial charge in [-0.3, -0.25) is 4.79 Å². The van der Waals surface area contributed by atoms with Gasteiger partial charge in [0.15, 0.2) is 0 Å². The lowest BCUT2D eigenvalue weighted by Gasteiger charge is -2.31. The molecule has 0 spiro atoms. The first-order valence-corrected chi connectivity index (χ1v) is 9.68. The highest BCUT2D eigenvalue weighted by Gasteiger charge is 2.34. The Kier molecular flexibility index (Phi) is 4.65. The predicted molar refractivity (Wildman–Crippen MR) is 101 cm³/mol. The van der Waals surface area contributed by atoms with Gasteiger partial charge in [-0.15, -0.1) is 0 Å². The number of aryl methyl sites for hydroxylation is 1. The smallest absolute Gasteiger partial charge is 0.223 e. The van der Waals surface area contributed by atoms with Crippen LogP contribution in [0.15, 0.2) is 22.6 Å². The number of methoxy groups -OCH3 is 1. The van der Waals surface area contributed by atoms with E-state index in [1.165, 1.54) is 12.8 Å². The Morgan fingerprint density at radius 3 is 2.65 bits per heavy atom. The van der Waals surface area contributed by atoms with Crippen LogP contribution in [0.5, 0.6) is 5.75 Å². The Balaban J connectivity index is 1.42. The zero-order valence-corrected chi connectivity index (χ0v) is 15.9. The molecule has 26 heavy (non-hydrogen) atoms. The number of piperidine rings is 1. The van der Waals surface area contributed by atoms with Gasteiger partial charge in [-0.25, -0.2) is 0 Å². The van der Waals surface area contributed by atoms with Crippen molar-refractivity contribution in [2.45, 2.75) is 51.6 Å². The summed E-state index contributed by atoms with van der Waals surface area (Å²) in [4.78, 5) is 15.3. The van der Waals surface area contributed by atoms with E-state index in [-0.39, 0.29) is 17.9 Å². The SMILES string of the molecule is COc1ccc2oc(C(C)NC(=O)C3CCN(C4CC4)CC3)c(C)c2c1. The van der Waals surface area contributed by atoms with Gasteiger partial charge in [0.1, 0.15) is 17.1 Å². The van der Waals surface area contributed by atoms with Crippen molar-refractivity contribution in [3.8, 4) is 5.75 Å². The summed E-state index contributed by atoms with van der Waals surface area (Å²) in [6.07, 6.45) is 4.60. The molecule has 1 N–H and O–H groups in total. The van der Waals surface area contributed by atoms with Crippen molar-refractivity contribution in [3.05, 3.63) is 29.5 Å². The molecular weight excluding hydrogens is 328 g/mol. The Hall–Kier alpha value is -2.01. The van der Waals surface area contributed by atoms with E-state index in [1.54, 1.807) is 7.11 Å². The van der Waals surface area contributed by atoms with Crippen molar-refractivity contribution in [3.63, 3.8) is 0 Å². The first-order chi connectivity index (χ1) is 12.6. The number of rotatable bonds is 5. The van der Waals surface area contributed by atoms with Crippen LogP contribution in [0.25, 0.3) is 11.0 Å². The summed E-state index contributed by atoms with van der Waals surface area (Å²) >= 11 is 0. The van der Waals surface area contributed by atoms with Gasteiger partial charge in [-0.2, -0.15) is 0 Å². The summed E-state index contributed by atoms with van der Waals surface area (Å²) in [5.74, 6) is 1.92. The quantitative estimate of drug-likeness (QED) is 0.885. The molecule has 0 radical (unpaired) electrons.